The number of nitriles is 1. The summed E-state index contributed by atoms with van der Waals surface area (Å²) in [6, 6.07) is 1.39. The van der Waals surface area contributed by atoms with Crippen LogP contribution in [0.25, 0.3) is 0 Å². The van der Waals surface area contributed by atoms with Crippen molar-refractivity contribution in [1.82, 2.24) is 5.32 Å². The molecule has 0 heterocycles. The molecule has 0 aromatic rings. The van der Waals surface area contributed by atoms with Crippen molar-refractivity contribution in [2.45, 2.75) is 183 Å². The normalized spacial score (nSPS) is 12.0. The molecule has 0 rings (SSSR count). The standard InChI is InChI=1S/C7H12N2O.C6H12FNO.C6H12N2O2.C6H11NO2.C6H13NO.C6H12O2.C5H12N2O.C3H5NOS/c1-7(2,3)5(4-8)6(9)10;1-6(2,3)4(7)5(8)9;1-6(2,3)4(8-10)5(7)9;1-6(2,3)4(8)5(7)9;1-6(2,3)4-5(7)8;1-5(7)8-6(2,3)4;1-5(2,3)7-4(6)8;1-2(6)3(4)5/h5H,1-3H3,(H2,9,10);4H,1-3H3,(H2,8,9);10H,1-3H3,(H2,7,9);1-3H3,(H2,7,9);4H2,1-3H3,(H2,7,8);1-4H3;1-3H3,(H3,6,7,8);1H3,(H2,4,5)/b;;8-4+;;;;;. The number of ether oxygens (including phenoxy) is 1. The van der Waals surface area contributed by atoms with Crippen molar-refractivity contribution in [1.29, 1.82) is 5.26 Å². The van der Waals surface area contributed by atoms with E-state index < -0.39 is 69.7 Å². The minimum Gasteiger partial charge on any atom is -0.460 e. The monoisotopic (exact) mass is 997 g/mol. The van der Waals surface area contributed by atoms with Crippen LogP contribution in [0, 0.1) is 44.3 Å². The average molecular weight is 997 g/mol. The summed E-state index contributed by atoms with van der Waals surface area (Å²) >= 11 is 4.34. The predicted octanol–water partition coefficient (Wildman–Crippen LogP) is 4.52. The molecule has 16 N–H and O–H groups in total. The fraction of sp³-hybridized carbons (Fsp3) is 0.733. The largest absolute Gasteiger partial charge is 0.460 e. The molecule has 0 bridgehead atoms. The maximum absolute atomic E-state index is 12.6. The van der Waals surface area contributed by atoms with E-state index in [-0.39, 0.29) is 44.4 Å². The van der Waals surface area contributed by atoms with Gasteiger partial charge in [-0.2, -0.15) is 5.26 Å². The highest BCUT2D eigenvalue weighted by molar-refractivity contribution is 7.82. The van der Waals surface area contributed by atoms with Gasteiger partial charge in [-0.05, 0) is 59.3 Å². The smallest absolute Gasteiger partial charge is 0.312 e. The molecule has 398 valence electrons. The van der Waals surface area contributed by atoms with Crippen LogP contribution < -0.4 is 45.5 Å². The van der Waals surface area contributed by atoms with E-state index in [1.54, 1.807) is 62.3 Å². The second kappa shape index (κ2) is 34.5. The Hall–Kier alpha value is -5.79. The number of esters is 1. The van der Waals surface area contributed by atoms with Gasteiger partial charge in [0.2, 0.25) is 17.6 Å². The number of ketones is 1. The summed E-state index contributed by atoms with van der Waals surface area (Å²) < 4.78 is 17.4. The van der Waals surface area contributed by atoms with Crippen molar-refractivity contribution in [3.8, 4) is 6.07 Å². The zero-order chi connectivity index (χ0) is 57.5. The molecule has 0 spiro atoms. The Morgan fingerprint density at radius 2 is 0.985 bits per heavy atom. The summed E-state index contributed by atoms with van der Waals surface area (Å²) in [6.07, 6.45) is -1.08. The maximum Gasteiger partial charge on any atom is 0.312 e. The zero-order valence-corrected chi connectivity index (χ0v) is 45.9. The number of primary amides is 7. The van der Waals surface area contributed by atoms with Crippen LogP contribution in [-0.2, 0) is 43.1 Å². The van der Waals surface area contributed by atoms with Gasteiger partial charge in [-0.25, -0.2) is 9.18 Å². The van der Waals surface area contributed by atoms with Crippen LogP contribution in [0.15, 0.2) is 5.16 Å². The molecule has 23 heteroatoms. The van der Waals surface area contributed by atoms with Crippen LogP contribution >= 0.6 is 12.2 Å². The molecule has 0 aliphatic carbocycles. The molecular weight excluding hydrogens is 908 g/mol. The number of thiocarbonyl (C=S) groups is 1. The number of hydrogen-bond donors (Lipinski definition) is 9. The van der Waals surface area contributed by atoms with E-state index in [2.05, 4.69) is 28.4 Å². The van der Waals surface area contributed by atoms with E-state index in [1.807, 2.05) is 89.2 Å². The van der Waals surface area contributed by atoms with E-state index in [4.69, 9.17) is 49.6 Å². The first-order valence-corrected chi connectivity index (χ1v) is 21.1. The molecule has 0 radical (unpaired) electrons. The number of hydrogen-bond acceptors (Lipinski definition) is 14. The van der Waals surface area contributed by atoms with Gasteiger partial charge in [0.05, 0.1) is 10.9 Å². The number of carbonyl (C=O) groups is 9. The van der Waals surface area contributed by atoms with Crippen molar-refractivity contribution in [2.75, 3.05) is 0 Å². The molecule has 0 fully saturated rings. The lowest BCUT2D eigenvalue weighted by Gasteiger charge is -2.21. The van der Waals surface area contributed by atoms with Crippen molar-refractivity contribution >= 4 is 76.0 Å². The van der Waals surface area contributed by atoms with Crippen molar-refractivity contribution in [3.05, 3.63) is 0 Å². The third-order valence-electron chi connectivity index (χ3n) is 6.24. The third kappa shape index (κ3) is 64.5. The number of carbonyl (C=O) groups excluding carboxylic acids is 9. The lowest BCUT2D eigenvalue weighted by Crippen LogP contribution is -2.43. The Kier molecular flexibility index (Phi) is 40.2. The summed E-state index contributed by atoms with van der Waals surface area (Å²) in [5, 5.41) is 22.1. The van der Waals surface area contributed by atoms with Crippen LogP contribution in [0.3, 0.4) is 0 Å². The molecule has 0 aliphatic rings. The fourth-order valence-electron chi connectivity index (χ4n) is 3.37. The average Bonchev–Trinajstić information content (AvgIpc) is 3.00. The fourth-order valence-corrected chi connectivity index (χ4v) is 3.37. The molecule has 2 unspecified atom stereocenters. The topological polar surface area (TPSA) is 413 Å². The molecule has 2 atom stereocenters. The molecule has 0 aromatic carbocycles. The number of nitrogens with zero attached hydrogens (tertiary/aromatic N) is 2. The van der Waals surface area contributed by atoms with Gasteiger partial charge in [-0.15, -0.1) is 0 Å². The van der Waals surface area contributed by atoms with Gasteiger partial charge in [0.1, 0.15) is 17.2 Å². The number of amides is 8. The third-order valence-corrected chi connectivity index (χ3v) is 6.44. The van der Waals surface area contributed by atoms with Gasteiger partial charge >= 0.3 is 12.0 Å². The second-order valence-corrected chi connectivity index (χ2v) is 22.6. The summed E-state index contributed by atoms with van der Waals surface area (Å²) in [4.78, 5) is 92.8. The SMILES string of the molecule is CC(=O)OC(C)(C)C.CC(=S)C(N)=O.CC(C)(C)/C(=N/O)C(N)=O.CC(C)(C)C(=O)C(N)=O.CC(C)(C)C(C#N)C(N)=O.CC(C)(C)C(F)C(N)=O.CC(C)(C)CC(N)=O.CC(C)(C)NC(N)=O. The highest BCUT2D eigenvalue weighted by Gasteiger charge is 2.30. The first-order valence-electron chi connectivity index (χ1n) is 20.7. The van der Waals surface area contributed by atoms with Crippen LogP contribution in [-0.4, -0.2) is 86.3 Å². The van der Waals surface area contributed by atoms with E-state index in [0.717, 1.165) is 0 Å². The van der Waals surface area contributed by atoms with Gasteiger partial charge in [-0.3, -0.25) is 38.4 Å². The lowest BCUT2D eigenvalue weighted by molar-refractivity contribution is -0.152. The molecule has 0 saturated heterocycles. The maximum atomic E-state index is 12.6. The Labute approximate surface area is 410 Å². The van der Waals surface area contributed by atoms with Gasteiger partial charge in [0, 0.05) is 35.1 Å². The molecule has 0 aromatic heterocycles. The van der Waals surface area contributed by atoms with Gasteiger partial charge in [0.15, 0.2) is 6.17 Å². The number of oxime groups is 1. The molecule has 8 amide bonds. The number of halogens is 1. The van der Waals surface area contributed by atoms with E-state index >= 15 is 0 Å². The highest BCUT2D eigenvalue weighted by atomic mass is 32.1. The quantitative estimate of drug-likeness (QED) is 0.0442. The van der Waals surface area contributed by atoms with E-state index in [1.165, 1.54) is 13.8 Å². The van der Waals surface area contributed by atoms with E-state index in [9.17, 15) is 47.5 Å². The van der Waals surface area contributed by atoms with Gasteiger partial charge in [-0.1, -0.05) is 121 Å². The zero-order valence-electron chi connectivity index (χ0n) is 45.1. The summed E-state index contributed by atoms with van der Waals surface area (Å²) in [6.45, 7) is 40.5. The van der Waals surface area contributed by atoms with Crippen molar-refractivity contribution in [3.63, 3.8) is 0 Å². The Bertz CT molecular complexity index is 1640. The summed E-state index contributed by atoms with van der Waals surface area (Å²) in [7, 11) is 0. The van der Waals surface area contributed by atoms with Crippen LogP contribution in [0.1, 0.15) is 166 Å². The number of nitrogens with two attached hydrogens (primary N) is 7. The summed E-state index contributed by atoms with van der Waals surface area (Å²) in [5.74, 6) is -5.15. The number of alkyl halides is 1. The predicted molar refractivity (Wildman–Crippen MR) is 268 cm³/mol. The molecular formula is C45H89FN10O11S. The Balaban J connectivity index is -0.000000101. The number of rotatable bonds is 6. The minimum atomic E-state index is -1.54. The molecule has 68 heavy (non-hydrogen) atoms. The number of urea groups is 1. The number of Topliss-reactive ketones (excluding diaryl/α,β-unsaturated/α-hetero) is 1. The minimum absolute atomic E-state index is 0.00694. The van der Waals surface area contributed by atoms with Crippen LogP contribution in [0.2, 0.25) is 0 Å². The highest BCUT2D eigenvalue weighted by Crippen LogP contribution is 2.24. The molecule has 21 nitrogen and oxygen atoms in total. The number of nitrogens with one attached hydrogen (secondary N) is 1. The first-order chi connectivity index (χ1) is 29.4. The van der Waals surface area contributed by atoms with Gasteiger partial charge in [0.25, 0.3) is 23.6 Å². The van der Waals surface area contributed by atoms with Gasteiger partial charge < -0.3 is 55.4 Å². The second-order valence-electron chi connectivity index (χ2n) is 22.0. The summed E-state index contributed by atoms with van der Waals surface area (Å²) in [5.41, 5.74) is 31.1. The van der Waals surface area contributed by atoms with E-state index in [0.29, 0.717) is 6.42 Å². The van der Waals surface area contributed by atoms with Crippen LogP contribution in [0.5, 0.6) is 0 Å². The molecule has 0 aliphatic heterocycles. The molecule has 0 saturated carbocycles. The van der Waals surface area contributed by atoms with Crippen molar-refractivity contribution < 1.29 is 57.5 Å². The Morgan fingerprint density at radius 3 is 0.985 bits per heavy atom. The first kappa shape index (κ1) is 79.3. The lowest BCUT2D eigenvalue weighted by atomic mass is 9.81. The Morgan fingerprint density at radius 1 is 0.632 bits per heavy atom. The van der Waals surface area contributed by atoms with Crippen LogP contribution in [0.4, 0.5) is 9.18 Å². The van der Waals surface area contributed by atoms with Crippen molar-refractivity contribution in [2.24, 2.45) is 78.3 Å².